The predicted molar refractivity (Wildman–Crippen MR) is 105 cm³/mol. The summed E-state index contributed by atoms with van der Waals surface area (Å²) in [5.41, 5.74) is 8.26. The van der Waals surface area contributed by atoms with Crippen LogP contribution in [-0.4, -0.2) is 39.8 Å². The van der Waals surface area contributed by atoms with Crippen molar-refractivity contribution in [3.63, 3.8) is 0 Å². The minimum absolute atomic E-state index is 0.230. The summed E-state index contributed by atoms with van der Waals surface area (Å²) < 4.78 is 0. The molecule has 3 heterocycles. The second-order valence-electron chi connectivity index (χ2n) is 7.10. The lowest BCUT2D eigenvalue weighted by Crippen LogP contribution is -2.42. The third kappa shape index (κ3) is 3.20. The van der Waals surface area contributed by atoms with Crippen LogP contribution in [0.2, 0.25) is 5.02 Å². The molecule has 8 heteroatoms. The maximum Gasteiger partial charge on any atom is 0.180 e. The highest BCUT2D eigenvalue weighted by atomic mass is 35.5. The molecule has 0 amide bonds. The molecule has 1 saturated heterocycles. The molecule has 1 fully saturated rings. The summed E-state index contributed by atoms with van der Waals surface area (Å²) in [5.74, 6) is 1.48. The SMILES string of the molecule is CC1(CN)CCN(c2cnc3c(Nc4ccccc4Cl)n[nH]c3n2)CC1. The Hall–Kier alpha value is -2.38. The molecule has 4 N–H and O–H groups in total. The van der Waals surface area contributed by atoms with Crippen molar-refractivity contribution in [3.05, 3.63) is 35.5 Å². The predicted octanol–water partition coefficient (Wildman–Crippen LogP) is 3.32. The van der Waals surface area contributed by atoms with Crippen LogP contribution in [0.5, 0.6) is 0 Å². The van der Waals surface area contributed by atoms with Gasteiger partial charge in [0.2, 0.25) is 0 Å². The van der Waals surface area contributed by atoms with Crippen molar-refractivity contribution in [2.75, 3.05) is 29.9 Å². The van der Waals surface area contributed by atoms with E-state index >= 15 is 0 Å². The largest absolute Gasteiger partial charge is 0.355 e. The summed E-state index contributed by atoms with van der Waals surface area (Å²) in [6, 6.07) is 7.52. The Morgan fingerprint density at radius 2 is 2.08 bits per heavy atom. The van der Waals surface area contributed by atoms with Crippen LogP contribution in [0.4, 0.5) is 17.3 Å². The monoisotopic (exact) mass is 371 g/mol. The summed E-state index contributed by atoms with van der Waals surface area (Å²) in [6.07, 6.45) is 3.93. The van der Waals surface area contributed by atoms with Crippen LogP contribution < -0.4 is 16.0 Å². The second kappa shape index (κ2) is 6.74. The van der Waals surface area contributed by atoms with Gasteiger partial charge in [-0.15, -0.1) is 0 Å². The zero-order chi connectivity index (χ0) is 18.1. The first-order valence-electron chi connectivity index (χ1n) is 8.76. The zero-order valence-corrected chi connectivity index (χ0v) is 15.4. The van der Waals surface area contributed by atoms with Crippen molar-refractivity contribution in [1.82, 2.24) is 20.2 Å². The fraction of sp³-hybridized carbons (Fsp3) is 0.389. The number of hydrogen-bond acceptors (Lipinski definition) is 6. The molecule has 0 aliphatic carbocycles. The number of halogens is 1. The summed E-state index contributed by atoms with van der Waals surface area (Å²) in [7, 11) is 0. The van der Waals surface area contributed by atoms with E-state index in [0.29, 0.717) is 22.0 Å². The molecule has 1 aromatic carbocycles. The van der Waals surface area contributed by atoms with Gasteiger partial charge in [0.15, 0.2) is 17.0 Å². The first kappa shape index (κ1) is 17.1. The van der Waals surface area contributed by atoms with E-state index in [9.17, 15) is 0 Å². The van der Waals surface area contributed by atoms with Crippen LogP contribution in [0, 0.1) is 5.41 Å². The molecule has 1 aliphatic rings. The summed E-state index contributed by atoms with van der Waals surface area (Å²) in [6.45, 7) is 4.85. The molecule has 0 atom stereocenters. The Morgan fingerprint density at radius 1 is 1.31 bits per heavy atom. The van der Waals surface area contributed by atoms with Crippen molar-refractivity contribution in [2.24, 2.45) is 11.1 Å². The van der Waals surface area contributed by atoms with Gasteiger partial charge in [-0.25, -0.2) is 9.97 Å². The molecule has 1 aliphatic heterocycles. The van der Waals surface area contributed by atoms with E-state index in [2.05, 4.69) is 32.3 Å². The highest BCUT2D eigenvalue weighted by molar-refractivity contribution is 6.33. The van der Waals surface area contributed by atoms with E-state index < -0.39 is 0 Å². The second-order valence-corrected chi connectivity index (χ2v) is 7.51. The first-order chi connectivity index (χ1) is 12.6. The summed E-state index contributed by atoms with van der Waals surface area (Å²) in [5, 5.41) is 11.1. The molecule has 0 saturated carbocycles. The Kier molecular flexibility index (Phi) is 4.42. The van der Waals surface area contributed by atoms with Gasteiger partial charge >= 0.3 is 0 Å². The topological polar surface area (TPSA) is 95.7 Å². The lowest BCUT2D eigenvalue weighted by atomic mass is 9.80. The van der Waals surface area contributed by atoms with E-state index in [1.54, 1.807) is 6.20 Å². The molecule has 3 aromatic rings. The molecule has 0 spiro atoms. The van der Waals surface area contributed by atoms with Crippen LogP contribution >= 0.6 is 11.6 Å². The maximum absolute atomic E-state index is 6.20. The Bertz CT molecular complexity index is 915. The van der Waals surface area contributed by atoms with Gasteiger partial charge in [-0.2, -0.15) is 5.10 Å². The number of H-pyrrole nitrogens is 1. The van der Waals surface area contributed by atoms with Crippen molar-refractivity contribution in [1.29, 1.82) is 0 Å². The number of para-hydroxylation sites is 1. The van der Waals surface area contributed by atoms with E-state index in [1.165, 1.54) is 0 Å². The maximum atomic E-state index is 6.20. The fourth-order valence-electron chi connectivity index (χ4n) is 3.20. The van der Waals surface area contributed by atoms with Gasteiger partial charge in [-0.05, 0) is 36.9 Å². The normalized spacial score (nSPS) is 16.8. The van der Waals surface area contributed by atoms with E-state index in [4.69, 9.17) is 22.3 Å². The molecule has 7 nitrogen and oxygen atoms in total. The number of piperidine rings is 1. The Morgan fingerprint density at radius 3 is 2.81 bits per heavy atom. The fourth-order valence-corrected chi connectivity index (χ4v) is 3.39. The number of hydrogen-bond donors (Lipinski definition) is 3. The minimum atomic E-state index is 0.230. The average molecular weight is 372 g/mol. The third-order valence-corrected chi connectivity index (χ3v) is 5.50. The molecule has 136 valence electrons. The lowest BCUT2D eigenvalue weighted by Gasteiger charge is -2.39. The van der Waals surface area contributed by atoms with Crippen LogP contribution in [0.15, 0.2) is 30.5 Å². The number of benzene rings is 1. The number of nitrogens with two attached hydrogens (primary N) is 1. The summed E-state index contributed by atoms with van der Waals surface area (Å²) in [4.78, 5) is 11.5. The van der Waals surface area contributed by atoms with Crippen LogP contribution in [0.25, 0.3) is 11.2 Å². The molecular formula is C18H22ClN7. The molecular weight excluding hydrogens is 350 g/mol. The van der Waals surface area contributed by atoms with Crippen molar-refractivity contribution in [3.8, 4) is 0 Å². The van der Waals surface area contributed by atoms with Gasteiger partial charge < -0.3 is 16.0 Å². The number of nitrogens with one attached hydrogen (secondary N) is 2. The highest BCUT2D eigenvalue weighted by Crippen LogP contribution is 2.32. The Labute approximate surface area is 157 Å². The molecule has 2 aromatic heterocycles. The molecule has 26 heavy (non-hydrogen) atoms. The van der Waals surface area contributed by atoms with Crippen LogP contribution in [0.3, 0.4) is 0 Å². The van der Waals surface area contributed by atoms with Crippen molar-refractivity contribution >= 4 is 40.1 Å². The summed E-state index contributed by atoms with van der Waals surface area (Å²) >= 11 is 6.20. The standard InChI is InChI=1S/C18H22ClN7/c1-18(11-20)6-8-26(9-7-18)14-10-21-15-16(24-25-17(15)23-14)22-13-5-3-2-4-12(13)19/h2-5,10H,6-9,11,20H2,1H3,(H2,22,23,24,25). The van der Waals surface area contributed by atoms with Gasteiger partial charge in [0.05, 0.1) is 16.9 Å². The highest BCUT2D eigenvalue weighted by Gasteiger charge is 2.29. The number of fused-ring (bicyclic) bond motifs is 1. The van der Waals surface area contributed by atoms with Gasteiger partial charge in [0.25, 0.3) is 0 Å². The van der Waals surface area contributed by atoms with Gasteiger partial charge in [0.1, 0.15) is 5.82 Å². The van der Waals surface area contributed by atoms with Gasteiger partial charge in [-0.1, -0.05) is 30.7 Å². The number of anilines is 3. The van der Waals surface area contributed by atoms with Crippen LogP contribution in [0.1, 0.15) is 19.8 Å². The Balaban J connectivity index is 1.55. The zero-order valence-electron chi connectivity index (χ0n) is 14.7. The van der Waals surface area contributed by atoms with Crippen LogP contribution in [-0.2, 0) is 0 Å². The number of rotatable bonds is 4. The van der Waals surface area contributed by atoms with Gasteiger partial charge in [0, 0.05) is 13.1 Å². The number of nitrogens with zero attached hydrogens (tertiary/aromatic N) is 4. The van der Waals surface area contributed by atoms with E-state index in [0.717, 1.165) is 44.0 Å². The molecule has 0 unspecified atom stereocenters. The lowest BCUT2D eigenvalue weighted by molar-refractivity contribution is 0.258. The molecule has 0 bridgehead atoms. The van der Waals surface area contributed by atoms with E-state index in [-0.39, 0.29) is 5.41 Å². The van der Waals surface area contributed by atoms with Gasteiger partial charge in [-0.3, -0.25) is 5.10 Å². The number of aromatic amines is 1. The molecule has 4 rings (SSSR count). The smallest absolute Gasteiger partial charge is 0.180 e. The van der Waals surface area contributed by atoms with Crippen molar-refractivity contribution < 1.29 is 0 Å². The first-order valence-corrected chi connectivity index (χ1v) is 9.13. The average Bonchev–Trinajstić information content (AvgIpc) is 3.06. The van der Waals surface area contributed by atoms with Crippen molar-refractivity contribution in [2.45, 2.75) is 19.8 Å². The van der Waals surface area contributed by atoms with E-state index in [1.807, 2.05) is 24.3 Å². The molecule has 0 radical (unpaired) electrons. The number of aromatic nitrogens is 4. The third-order valence-electron chi connectivity index (χ3n) is 5.17. The quantitative estimate of drug-likeness (QED) is 0.651. The minimum Gasteiger partial charge on any atom is -0.355 e.